The van der Waals surface area contributed by atoms with Gasteiger partial charge in [0.1, 0.15) is 5.82 Å². The minimum absolute atomic E-state index is 0.0931. The predicted molar refractivity (Wildman–Crippen MR) is 52.7 cm³/mol. The van der Waals surface area contributed by atoms with Crippen molar-refractivity contribution >= 4 is 23.1 Å². The molecular formula is C10H7ClF2O2. The maximum Gasteiger partial charge on any atom is 0.365 e. The van der Waals surface area contributed by atoms with Crippen LogP contribution in [-0.4, -0.2) is 11.1 Å². The van der Waals surface area contributed by atoms with Crippen LogP contribution < -0.4 is 0 Å². The fourth-order valence-electron chi connectivity index (χ4n) is 1.02. The SMILES string of the molecule is CC(=C(F)C(=O)O)c1ccc(F)c(Cl)c1. The third kappa shape index (κ3) is 2.53. The Bertz CT molecular complexity index is 441. The lowest BCUT2D eigenvalue weighted by molar-refractivity contribution is -0.134. The number of aliphatic carboxylic acids is 1. The summed E-state index contributed by atoms with van der Waals surface area (Å²) in [5.41, 5.74) is 0.144. The number of carbonyl (C=O) groups is 1. The molecule has 0 spiro atoms. The molecule has 0 aromatic heterocycles. The molecule has 0 aliphatic heterocycles. The Kier molecular flexibility index (Phi) is 3.42. The minimum Gasteiger partial charge on any atom is -0.476 e. The lowest BCUT2D eigenvalue weighted by Crippen LogP contribution is -1.98. The van der Waals surface area contributed by atoms with Crippen LogP contribution in [0.15, 0.2) is 24.0 Å². The second kappa shape index (κ2) is 4.40. The molecule has 0 unspecified atom stereocenters. The largest absolute Gasteiger partial charge is 0.476 e. The first kappa shape index (κ1) is 11.7. The number of hydrogen-bond acceptors (Lipinski definition) is 1. The van der Waals surface area contributed by atoms with Gasteiger partial charge in [-0.1, -0.05) is 17.7 Å². The standard InChI is InChI=1S/C10H7ClF2O2/c1-5(9(13)10(14)15)6-2-3-8(12)7(11)4-6/h2-4H,1H3,(H,14,15). The highest BCUT2D eigenvalue weighted by molar-refractivity contribution is 6.30. The molecule has 0 bridgehead atoms. The quantitative estimate of drug-likeness (QED) is 0.795. The van der Waals surface area contributed by atoms with E-state index in [-0.39, 0.29) is 16.2 Å². The van der Waals surface area contributed by atoms with Gasteiger partial charge in [-0.2, -0.15) is 4.39 Å². The molecule has 0 aliphatic rings. The highest BCUT2D eigenvalue weighted by atomic mass is 35.5. The number of hydrogen-bond donors (Lipinski definition) is 1. The monoisotopic (exact) mass is 232 g/mol. The number of benzene rings is 1. The van der Waals surface area contributed by atoms with Gasteiger partial charge < -0.3 is 5.11 Å². The Morgan fingerprint density at radius 3 is 2.53 bits per heavy atom. The minimum atomic E-state index is -1.66. The molecule has 0 heterocycles. The van der Waals surface area contributed by atoms with Crippen molar-refractivity contribution in [3.63, 3.8) is 0 Å². The molecule has 0 saturated carbocycles. The first-order valence-electron chi connectivity index (χ1n) is 3.98. The van der Waals surface area contributed by atoms with Gasteiger partial charge in [0, 0.05) is 0 Å². The Morgan fingerprint density at radius 1 is 1.47 bits per heavy atom. The van der Waals surface area contributed by atoms with Crippen LogP contribution in [0.3, 0.4) is 0 Å². The summed E-state index contributed by atoms with van der Waals surface area (Å²) in [4.78, 5) is 10.3. The van der Waals surface area contributed by atoms with Crippen LogP contribution in [0.5, 0.6) is 0 Å². The van der Waals surface area contributed by atoms with Gasteiger partial charge >= 0.3 is 5.97 Å². The van der Waals surface area contributed by atoms with Crippen molar-refractivity contribution in [1.82, 2.24) is 0 Å². The molecule has 5 heteroatoms. The zero-order chi connectivity index (χ0) is 11.6. The van der Waals surface area contributed by atoms with Crippen molar-refractivity contribution < 1.29 is 18.7 Å². The Morgan fingerprint density at radius 2 is 2.07 bits per heavy atom. The number of carboxylic acid groups (broad SMARTS) is 1. The Balaban J connectivity index is 3.23. The summed E-state index contributed by atoms with van der Waals surface area (Å²) in [5.74, 6) is -3.57. The van der Waals surface area contributed by atoms with Crippen LogP contribution in [0.25, 0.3) is 5.57 Å². The number of rotatable bonds is 2. The van der Waals surface area contributed by atoms with Crippen molar-refractivity contribution in [1.29, 1.82) is 0 Å². The van der Waals surface area contributed by atoms with Crippen molar-refractivity contribution in [3.05, 3.63) is 40.4 Å². The summed E-state index contributed by atoms with van der Waals surface area (Å²) < 4.78 is 25.7. The van der Waals surface area contributed by atoms with E-state index in [1.165, 1.54) is 19.1 Å². The molecule has 1 N–H and O–H groups in total. The lowest BCUT2D eigenvalue weighted by atomic mass is 10.1. The predicted octanol–water partition coefficient (Wildman–Crippen LogP) is 3.26. The van der Waals surface area contributed by atoms with Crippen LogP contribution in [0.2, 0.25) is 5.02 Å². The summed E-state index contributed by atoms with van der Waals surface area (Å²) in [6.07, 6.45) is 0. The molecule has 0 radical (unpaired) electrons. The van der Waals surface area contributed by atoms with E-state index < -0.39 is 17.6 Å². The Hall–Kier alpha value is -1.42. The normalized spacial score (nSPS) is 12.3. The molecule has 0 aliphatic carbocycles. The van der Waals surface area contributed by atoms with Gasteiger partial charge in [0.25, 0.3) is 0 Å². The van der Waals surface area contributed by atoms with Crippen molar-refractivity contribution in [3.8, 4) is 0 Å². The van der Waals surface area contributed by atoms with E-state index in [4.69, 9.17) is 16.7 Å². The third-order valence-corrected chi connectivity index (χ3v) is 2.16. The molecule has 1 rings (SSSR count). The van der Waals surface area contributed by atoms with Crippen LogP contribution in [0, 0.1) is 5.82 Å². The van der Waals surface area contributed by atoms with E-state index in [9.17, 15) is 13.6 Å². The molecule has 0 amide bonds. The summed E-state index contributed by atoms with van der Waals surface area (Å²) in [6.45, 7) is 1.28. The van der Waals surface area contributed by atoms with E-state index in [0.717, 1.165) is 6.07 Å². The average Bonchev–Trinajstić information content (AvgIpc) is 2.19. The fourth-order valence-corrected chi connectivity index (χ4v) is 1.20. The first-order valence-corrected chi connectivity index (χ1v) is 4.36. The van der Waals surface area contributed by atoms with E-state index in [1.807, 2.05) is 0 Å². The van der Waals surface area contributed by atoms with Crippen molar-refractivity contribution in [2.45, 2.75) is 6.92 Å². The highest BCUT2D eigenvalue weighted by Gasteiger charge is 2.12. The molecule has 0 saturated heterocycles. The molecular weight excluding hydrogens is 226 g/mol. The molecule has 1 aromatic rings. The van der Waals surface area contributed by atoms with Gasteiger partial charge in [0.05, 0.1) is 5.02 Å². The van der Waals surface area contributed by atoms with Crippen molar-refractivity contribution in [2.75, 3.05) is 0 Å². The van der Waals surface area contributed by atoms with Crippen LogP contribution in [0.1, 0.15) is 12.5 Å². The number of halogens is 3. The van der Waals surface area contributed by atoms with Gasteiger partial charge in [0.2, 0.25) is 5.83 Å². The molecule has 15 heavy (non-hydrogen) atoms. The summed E-state index contributed by atoms with van der Waals surface area (Å²) in [7, 11) is 0. The fraction of sp³-hybridized carbons (Fsp3) is 0.100. The number of allylic oxidation sites excluding steroid dienone is 1. The van der Waals surface area contributed by atoms with Gasteiger partial charge in [-0.05, 0) is 30.2 Å². The lowest BCUT2D eigenvalue weighted by Gasteiger charge is -2.03. The zero-order valence-electron chi connectivity index (χ0n) is 7.72. The highest BCUT2D eigenvalue weighted by Crippen LogP contribution is 2.24. The summed E-state index contributed by atoms with van der Waals surface area (Å²) in [5, 5.41) is 8.22. The van der Waals surface area contributed by atoms with Crippen LogP contribution in [0.4, 0.5) is 8.78 Å². The third-order valence-electron chi connectivity index (χ3n) is 1.87. The molecule has 0 atom stereocenters. The van der Waals surface area contributed by atoms with Crippen LogP contribution in [-0.2, 0) is 4.79 Å². The molecule has 2 nitrogen and oxygen atoms in total. The maximum atomic E-state index is 13.0. The van der Waals surface area contributed by atoms with Gasteiger partial charge in [0.15, 0.2) is 0 Å². The maximum absolute atomic E-state index is 13.0. The van der Waals surface area contributed by atoms with E-state index >= 15 is 0 Å². The number of carboxylic acids is 1. The van der Waals surface area contributed by atoms with E-state index in [0.29, 0.717) is 0 Å². The average molecular weight is 233 g/mol. The van der Waals surface area contributed by atoms with Gasteiger partial charge in [-0.3, -0.25) is 0 Å². The Labute approximate surface area is 89.8 Å². The van der Waals surface area contributed by atoms with E-state index in [2.05, 4.69) is 0 Å². The smallest absolute Gasteiger partial charge is 0.365 e. The summed E-state index contributed by atoms with van der Waals surface area (Å²) >= 11 is 5.47. The van der Waals surface area contributed by atoms with Gasteiger partial charge in [-0.15, -0.1) is 0 Å². The van der Waals surface area contributed by atoms with E-state index in [1.54, 1.807) is 0 Å². The zero-order valence-corrected chi connectivity index (χ0v) is 8.48. The first-order chi connectivity index (χ1) is 6.93. The van der Waals surface area contributed by atoms with Crippen molar-refractivity contribution in [2.24, 2.45) is 0 Å². The van der Waals surface area contributed by atoms with Gasteiger partial charge in [-0.25, -0.2) is 9.18 Å². The van der Waals surface area contributed by atoms with Crippen LogP contribution >= 0.6 is 11.6 Å². The second-order valence-corrected chi connectivity index (χ2v) is 3.28. The summed E-state index contributed by atoms with van der Waals surface area (Å²) in [6, 6.07) is 3.49. The molecule has 1 aromatic carbocycles. The molecule has 0 fully saturated rings. The topological polar surface area (TPSA) is 37.3 Å². The molecule has 80 valence electrons. The second-order valence-electron chi connectivity index (χ2n) is 2.87.